The number of ether oxygens (including phenoxy) is 1. The van der Waals surface area contributed by atoms with Gasteiger partial charge < -0.3 is 14.3 Å². The second kappa shape index (κ2) is 6.37. The molecule has 0 fully saturated rings. The van der Waals surface area contributed by atoms with Crippen molar-refractivity contribution in [2.24, 2.45) is 0 Å². The van der Waals surface area contributed by atoms with E-state index in [4.69, 9.17) is 9.15 Å². The van der Waals surface area contributed by atoms with Crippen LogP contribution < -0.4 is 4.74 Å². The molecule has 0 aliphatic carbocycles. The predicted molar refractivity (Wildman–Crippen MR) is 92.4 cm³/mol. The van der Waals surface area contributed by atoms with E-state index in [2.05, 4.69) is 6.92 Å². The van der Waals surface area contributed by atoms with E-state index in [1.165, 1.54) is 0 Å². The van der Waals surface area contributed by atoms with Crippen LogP contribution in [0.4, 0.5) is 0 Å². The lowest BCUT2D eigenvalue weighted by molar-refractivity contribution is 0.414. The van der Waals surface area contributed by atoms with E-state index in [1.54, 1.807) is 13.2 Å². The number of furan rings is 1. The summed E-state index contributed by atoms with van der Waals surface area (Å²) in [6.07, 6.45) is 2.70. The molecule has 1 aromatic heterocycles. The SMILES string of the molecule is CCCc1ccc(O)c2c(C)c(Cc3ccc(OC)cc3)oc12. The average molecular weight is 310 g/mol. The fourth-order valence-electron chi connectivity index (χ4n) is 3.00. The molecule has 0 atom stereocenters. The van der Waals surface area contributed by atoms with E-state index in [9.17, 15) is 5.11 Å². The molecule has 0 saturated carbocycles. The second-order valence-corrected chi connectivity index (χ2v) is 5.87. The van der Waals surface area contributed by atoms with Gasteiger partial charge in [-0.2, -0.15) is 0 Å². The largest absolute Gasteiger partial charge is 0.507 e. The Bertz CT molecular complexity index is 813. The van der Waals surface area contributed by atoms with Crippen molar-refractivity contribution in [2.75, 3.05) is 7.11 Å². The highest BCUT2D eigenvalue weighted by Gasteiger charge is 2.17. The first-order chi connectivity index (χ1) is 11.1. The third kappa shape index (κ3) is 2.91. The lowest BCUT2D eigenvalue weighted by atomic mass is 10.0. The predicted octanol–water partition coefficient (Wildman–Crippen LogP) is 5.00. The first kappa shape index (κ1) is 15.5. The molecular weight excluding hydrogens is 288 g/mol. The van der Waals surface area contributed by atoms with Gasteiger partial charge in [0.1, 0.15) is 22.8 Å². The number of aryl methyl sites for hydroxylation is 2. The first-order valence-corrected chi connectivity index (χ1v) is 7.99. The van der Waals surface area contributed by atoms with Crippen LogP contribution in [0.5, 0.6) is 11.5 Å². The first-order valence-electron chi connectivity index (χ1n) is 7.99. The number of phenols is 1. The molecule has 3 rings (SSSR count). The average Bonchev–Trinajstić information content (AvgIpc) is 2.89. The number of rotatable bonds is 5. The standard InChI is InChI=1S/C20H22O3/c1-4-5-15-8-11-17(21)19-13(2)18(23-20(15)19)12-14-6-9-16(22-3)10-7-14/h6-11,21H,4-5,12H2,1-3H3. The summed E-state index contributed by atoms with van der Waals surface area (Å²) in [7, 11) is 1.66. The topological polar surface area (TPSA) is 42.6 Å². The van der Waals surface area contributed by atoms with Crippen molar-refractivity contribution < 1.29 is 14.3 Å². The van der Waals surface area contributed by atoms with Crippen LogP contribution in [0.15, 0.2) is 40.8 Å². The van der Waals surface area contributed by atoms with Crippen LogP contribution in [0.2, 0.25) is 0 Å². The van der Waals surface area contributed by atoms with Crippen LogP contribution in [0, 0.1) is 6.92 Å². The van der Waals surface area contributed by atoms with Gasteiger partial charge in [0.05, 0.1) is 12.5 Å². The van der Waals surface area contributed by atoms with Gasteiger partial charge in [-0.05, 0) is 42.7 Å². The molecular formula is C20H22O3. The normalized spacial score (nSPS) is 11.1. The Kier molecular flexibility index (Phi) is 4.28. The highest BCUT2D eigenvalue weighted by atomic mass is 16.5. The van der Waals surface area contributed by atoms with Gasteiger partial charge in [-0.3, -0.25) is 0 Å². The molecule has 1 heterocycles. The van der Waals surface area contributed by atoms with Gasteiger partial charge in [-0.25, -0.2) is 0 Å². The lowest BCUT2D eigenvalue weighted by Gasteiger charge is -2.02. The number of phenolic OH excluding ortho intramolecular Hbond substituents is 1. The highest BCUT2D eigenvalue weighted by Crippen LogP contribution is 2.36. The monoisotopic (exact) mass is 310 g/mol. The van der Waals surface area contributed by atoms with Gasteiger partial charge in [0.2, 0.25) is 0 Å². The number of aromatic hydroxyl groups is 1. The molecule has 23 heavy (non-hydrogen) atoms. The maximum atomic E-state index is 10.2. The summed E-state index contributed by atoms with van der Waals surface area (Å²) in [4.78, 5) is 0. The molecule has 3 heteroatoms. The Labute approximate surface area is 136 Å². The summed E-state index contributed by atoms with van der Waals surface area (Å²) in [5, 5.41) is 11.1. The van der Waals surface area contributed by atoms with Crippen LogP contribution in [-0.4, -0.2) is 12.2 Å². The van der Waals surface area contributed by atoms with Crippen LogP contribution in [-0.2, 0) is 12.8 Å². The number of methoxy groups -OCH3 is 1. The van der Waals surface area contributed by atoms with Crippen molar-refractivity contribution in [3.05, 3.63) is 58.8 Å². The smallest absolute Gasteiger partial charge is 0.141 e. The highest BCUT2D eigenvalue weighted by molar-refractivity contribution is 5.90. The van der Waals surface area contributed by atoms with Crippen LogP contribution in [0.1, 0.15) is 35.8 Å². The third-order valence-electron chi connectivity index (χ3n) is 4.28. The molecule has 0 spiro atoms. The van der Waals surface area contributed by atoms with Crippen LogP contribution in [0.3, 0.4) is 0 Å². The second-order valence-electron chi connectivity index (χ2n) is 5.87. The van der Waals surface area contributed by atoms with Gasteiger partial charge in [0.25, 0.3) is 0 Å². The molecule has 0 saturated heterocycles. The van der Waals surface area contributed by atoms with E-state index >= 15 is 0 Å². The Morgan fingerprint density at radius 1 is 1.09 bits per heavy atom. The maximum Gasteiger partial charge on any atom is 0.141 e. The number of hydrogen-bond donors (Lipinski definition) is 1. The summed E-state index contributed by atoms with van der Waals surface area (Å²) < 4.78 is 11.3. The van der Waals surface area contributed by atoms with Crippen molar-refractivity contribution in [1.29, 1.82) is 0 Å². The molecule has 1 N–H and O–H groups in total. The number of hydrogen-bond acceptors (Lipinski definition) is 3. The molecule has 120 valence electrons. The van der Waals surface area contributed by atoms with Crippen molar-refractivity contribution in [3.8, 4) is 11.5 Å². The zero-order chi connectivity index (χ0) is 16.4. The summed E-state index contributed by atoms with van der Waals surface area (Å²) >= 11 is 0. The minimum atomic E-state index is 0.294. The Hall–Kier alpha value is -2.42. The summed E-state index contributed by atoms with van der Waals surface area (Å²) in [5.74, 6) is 2.05. The van der Waals surface area contributed by atoms with Crippen LogP contribution >= 0.6 is 0 Å². The van der Waals surface area contributed by atoms with E-state index in [0.29, 0.717) is 12.2 Å². The molecule has 0 radical (unpaired) electrons. The third-order valence-corrected chi connectivity index (χ3v) is 4.28. The minimum Gasteiger partial charge on any atom is -0.507 e. The Morgan fingerprint density at radius 2 is 1.83 bits per heavy atom. The van der Waals surface area contributed by atoms with Gasteiger partial charge in [-0.1, -0.05) is 31.5 Å². The molecule has 3 nitrogen and oxygen atoms in total. The van der Waals surface area contributed by atoms with E-state index in [0.717, 1.165) is 52.0 Å². The van der Waals surface area contributed by atoms with Crippen molar-refractivity contribution >= 4 is 11.0 Å². The Morgan fingerprint density at radius 3 is 2.48 bits per heavy atom. The number of fused-ring (bicyclic) bond motifs is 1. The maximum absolute atomic E-state index is 10.2. The molecule has 0 aliphatic rings. The fourth-order valence-corrected chi connectivity index (χ4v) is 3.00. The molecule has 0 bridgehead atoms. The minimum absolute atomic E-state index is 0.294. The molecule has 0 unspecified atom stereocenters. The Balaban J connectivity index is 2.02. The van der Waals surface area contributed by atoms with Gasteiger partial charge in [-0.15, -0.1) is 0 Å². The summed E-state index contributed by atoms with van der Waals surface area (Å²) in [6.45, 7) is 4.16. The van der Waals surface area contributed by atoms with Crippen molar-refractivity contribution in [1.82, 2.24) is 0 Å². The quantitative estimate of drug-likeness (QED) is 0.721. The molecule has 3 aromatic rings. The van der Waals surface area contributed by atoms with Gasteiger partial charge in [0, 0.05) is 12.0 Å². The van der Waals surface area contributed by atoms with Crippen molar-refractivity contribution in [2.45, 2.75) is 33.1 Å². The summed E-state index contributed by atoms with van der Waals surface area (Å²) in [5.41, 5.74) is 4.16. The molecule has 0 aliphatic heterocycles. The zero-order valence-electron chi connectivity index (χ0n) is 13.8. The summed E-state index contributed by atoms with van der Waals surface area (Å²) in [6, 6.07) is 11.7. The van der Waals surface area contributed by atoms with Crippen LogP contribution in [0.25, 0.3) is 11.0 Å². The van der Waals surface area contributed by atoms with Crippen molar-refractivity contribution in [3.63, 3.8) is 0 Å². The van der Waals surface area contributed by atoms with E-state index in [1.807, 2.05) is 37.3 Å². The van der Waals surface area contributed by atoms with Gasteiger partial charge >= 0.3 is 0 Å². The molecule has 0 amide bonds. The fraction of sp³-hybridized carbons (Fsp3) is 0.300. The molecule has 2 aromatic carbocycles. The van der Waals surface area contributed by atoms with E-state index < -0.39 is 0 Å². The van der Waals surface area contributed by atoms with Gasteiger partial charge in [0.15, 0.2) is 0 Å². The lowest BCUT2D eigenvalue weighted by Crippen LogP contribution is -1.89. The zero-order valence-corrected chi connectivity index (χ0v) is 13.8. The number of benzene rings is 2. The van der Waals surface area contributed by atoms with E-state index in [-0.39, 0.29) is 0 Å².